The van der Waals surface area contributed by atoms with Gasteiger partial charge in [-0.15, -0.1) is 0 Å². The Labute approximate surface area is 207 Å². The van der Waals surface area contributed by atoms with Crippen LogP contribution in [0.3, 0.4) is 0 Å². The fourth-order valence-electron chi connectivity index (χ4n) is 5.34. The molecule has 2 aliphatic rings. The number of aryl methyl sites for hydroxylation is 2. The topological polar surface area (TPSA) is 62.3 Å². The van der Waals surface area contributed by atoms with Gasteiger partial charge < -0.3 is 10.2 Å². The average Bonchev–Trinajstić information content (AvgIpc) is 3.61. The number of nitrogens with zero attached hydrogens (tertiary/aromatic N) is 2. The number of nitrogens with one attached hydrogen (secondary N) is 1. The van der Waals surface area contributed by atoms with Crippen LogP contribution < -0.4 is 5.32 Å². The van der Waals surface area contributed by atoms with Crippen LogP contribution in [-0.2, 0) is 11.2 Å². The number of benzene rings is 2. The lowest BCUT2D eigenvalue weighted by Gasteiger charge is -2.33. The van der Waals surface area contributed by atoms with Crippen molar-refractivity contribution in [2.24, 2.45) is 11.3 Å². The zero-order valence-electron chi connectivity index (χ0n) is 20.4. The Hall–Kier alpha value is -3.47. The summed E-state index contributed by atoms with van der Waals surface area (Å²) in [6.07, 6.45) is 8.27. The highest BCUT2D eigenvalue weighted by Crippen LogP contribution is 2.59. The summed E-state index contributed by atoms with van der Waals surface area (Å²) in [4.78, 5) is 31.8. The molecule has 2 aromatic carbocycles. The summed E-state index contributed by atoms with van der Waals surface area (Å²) in [5.74, 6) is 0.383. The maximum absolute atomic E-state index is 13.1. The smallest absolute Gasteiger partial charge is 0.253 e. The lowest BCUT2D eigenvalue weighted by molar-refractivity contribution is -0.123. The van der Waals surface area contributed by atoms with Crippen molar-refractivity contribution in [3.8, 4) is 11.1 Å². The Kier molecular flexibility index (Phi) is 6.67. The van der Waals surface area contributed by atoms with E-state index >= 15 is 0 Å². The molecule has 5 heteroatoms. The van der Waals surface area contributed by atoms with Crippen molar-refractivity contribution in [2.75, 3.05) is 19.6 Å². The van der Waals surface area contributed by atoms with E-state index in [0.29, 0.717) is 6.54 Å². The minimum Gasteiger partial charge on any atom is -0.356 e. The summed E-state index contributed by atoms with van der Waals surface area (Å²) in [6, 6.07) is 20.4. The van der Waals surface area contributed by atoms with Crippen molar-refractivity contribution >= 4 is 11.8 Å². The molecule has 1 atom stereocenters. The van der Waals surface area contributed by atoms with Gasteiger partial charge in [-0.2, -0.15) is 0 Å². The third-order valence-electron chi connectivity index (χ3n) is 7.76. The Morgan fingerprint density at radius 2 is 1.57 bits per heavy atom. The van der Waals surface area contributed by atoms with Crippen LogP contribution in [0, 0.1) is 18.3 Å². The zero-order valence-corrected chi connectivity index (χ0v) is 20.4. The fraction of sp³-hybridized carbons (Fsp3) is 0.367. The average molecular weight is 468 g/mol. The number of piperidine rings is 1. The van der Waals surface area contributed by atoms with Crippen molar-refractivity contribution in [3.05, 3.63) is 89.7 Å². The molecule has 5 rings (SSSR count). The molecule has 1 saturated carbocycles. The SMILES string of the molecule is Cc1ccc(-c2ccc(C(=O)N3CCC4(CC3)CC4C(=O)NCCCc3ccncc3)cc2)cc1. The summed E-state index contributed by atoms with van der Waals surface area (Å²) >= 11 is 0. The Morgan fingerprint density at radius 3 is 2.23 bits per heavy atom. The van der Waals surface area contributed by atoms with Gasteiger partial charge in [0.15, 0.2) is 0 Å². The molecular formula is C30H33N3O2. The third kappa shape index (κ3) is 5.29. The number of rotatable bonds is 7. The number of hydrogen-bond donors (Lipinski definition) is 1. The second-order valence-corrected chi connectivity index (χ2v) is 10.1. The fourth-order valence-corrected chi connectivity index (χ4v) is 5.34. The summed E-state index contributed by atoms with van der Waals surface area (Å²) in [7, 11) is 0. The highest BCUT2D eigenvalue weighted by molar-refractivity contribution is 5.95. The van der Waals surface area contributed by atoms with Gasteiger partial charge in [-0.1, -0.05) is 42.0 Å². The highest BCUT2D eigenvalue weighted by atomic mass is 16.2. The first-order valence-corrected chi connectivity index (χ1v) is 12.7. The molecule has 1 unspecified atom stereocenters. The van der Waals surface area contributed by atoms with Gasteiger partial charge in [0.2, 0.25) is 5.91 Å². The van der Waals surface area contributed by atoms with Crippen LogP contribution >= 0.6 is 0 Å². The van der Waals surface area contributed by atoms with Gasteiger partial charge in [0.1, 0.15) is 0 Å². The van der Waals surface area contributed by atoms with Crippen LogP contribution in [0.4, 0.5) is 0 Å². The van der Waals surface area contributed by atoms with Gasteiger partial charge in [0, 0.05) is 43.5 Å². The second kappa shape index (κ2) is 10.0. The number of carbonyl (C=O) groups excluding carboxylic acids is 2. The summed E-state index contributed by atoms with van der Waals surface area (Å²) in [5.41, 5.74) is 5.59. The Morgan fingerprint density at radius 1 is 0.943 bits per heavy atom. The van der Waals surface area contributed by atoms with Crippen molar-refractivity contribution in [1.29, 1.82) is 0 Å². The molecule has 35 heavy (non-hydrogen) atoms. The molecule has 1 spiro atoms. The highest BCUT2D eigenvalue weighted by Gasteiger charge is 2.58. The monoisotopic (exact) mass is 467 g/mol. The van der Waals surface area contributed by atoms with Gasteiger partial charge in [0.05, 0.1) is 0 Å². The van der Waals surface area contributed by atoms with Crippen LogP contribution in [0.2, 0.25) is 0 Å². The molecule has 3 aromatic rings. The van der Waals surface area contributed by atoms with E-state index in [1.807, 2.05) is 41.3 Å². The van der Waals surface area contributed by atoms with Crippen molar-refractivity contribution in [2.45, 2.75) is 39.0 Å². The maximum atomic E-state index is 13.1. The number of hydrogen-bond acceptors (Lipinski definition) is 3. The zero-order chi connectivity index (χ0) is 24.3. The molecule has 1 N–H and O–H groups in total. The molecule has 1 aliphatic heterocycles. The second-order valence-electron chi connectivity index (χ2n) is 10.1. The third-order valence-corrected chi connectivity index (χ3v) is 7.76. The first-order chi connectivity index (χ1) is 17.0. The Bertz CT molecular complexity index is 1160. The molecule has 2 heterocycles. The van der Waals surface area contributed by atoms with E-state index in [0.717, 1.165) is 61.9 Å². The summed E-state index contributed by atoms with van der Waals surface area (Å²) in [6.45, 7) is 4.24. The van der Waals surface area contributed by atoms with Gasteiger partial charge in [-0.05, 0) is 85.4 Å². The minimum absolute atomic E-state index is 0.0908. The number of amides is 2. The normalized spacial score (nSPS) is 18.3. The minimum atomic E-state index is 0.0908. The molecule has 2 fully saturated rings. The lowest BCUT2D eigenvalue weighted by atomic mass is 9.90. The molecule has 0 radical (unpaired) electrons. The maximum Gasteiger partial charge on any atom is 0.253 e. The lowest BCUT2D eigenvalue weighted by Crippen LogP contribution is -2.40. The molecular weight excluding hydrogens is 434 g/mol. The number of pyridine rings is 1. The molecule has 1 aliphatic carbocycles. The number of likely N-dealkylation sites (tertiary alicyclic amines) is 1. The van der Waals surface area contributed by atoms with E-state index in [4.69, 9.17) is 0 Å². The molecule has 5 nitrogen and oxygen atoms in total. The van der Waals surface area contributed by atoms with Gasteiger partial charge in [-0.3, -0.25) is 14.6 Å². The van der Waals surface area contributed by atoms with E-state index < -0.39 is 0 Å². The van der Waals surface area contributed by atoms with Crippen LogP contribution in [0.1, 0.15) is 47.2 Å². The van der Waals surface area contributed by atoms with Gasteiger partial charge >= 0.3 is 0 Å². The largest absolute Gasteiger partial charge is 0.356 e. The first kappa shape index (κ1) is 23.3. The summed E-state index contributed by atoms with van der Waals surface area (Å²) < 4.78 is 0. The predicted molar refractivity (Wildman–Crippen MR) is 138 cm³/mol. The molecule has 0 bridgehead atoms. The van der Waals surface area contributed by atoms with E-state index in [1.54, 1.807) is 12.4 Å². The van der Waals surface area contributed by atoms with Crippen LogP contribution in [0.25, 0.3) is 11.1 Å². The van der Waals surface area contributed by atoms with E-state index in [2.05, 4.69) is 41.5 Å². The van der Waals surface area contributed by atoms with Crippen molar-refractivity contribution < 1.29 is 9.59 Å². The molecule has 180 valence electrons. The molecule has 2 amide bonds. The predicted octanol–water partition coefficient (Wildman–Crippen LogP) is 5.05. The van der Waals surface area contributed by atoms with Gasteiger partial charge in [-0.25, -0.2) is 0 Å². The van der Waals surface area contributed by atoms with Crippen molar-refractivity contribution in [3.63, 3.8) is 0 Å². The Balaban J connectivity index is 1.08. The van der Waals surface area contributed by atoms with E-state index in [1.165, 1.54) is 11.1 Å². The number of aromatic nitrogens is 1. The van der Waals surface area contributed by atoms with Crippen LogP contribution in [0.5, 0.6) is 0 Å². The van der Waals surface area contributed by atoms with Gasteiger partial charge in [0.25, 0.3) is 5.91 Å². The van der Waals surface area contributed by atoms with E-state index in [-0.39, 0.29) is 23.1 Å². The molecule has 1 aromatic heterocycles. The summed E-state index contributed by atoms with van der Waals surface area (Å²) in [5, 5.41) is 3.13. The number of carbonyl (C=O) groups is 2. The quantitative estimate of drug-likeness (QED) is 0.495. The van der Waals surface area contributed by atoms with Crippen molar-refractivity contribution in [1.82, 2.24) is 15.2 Å². The van der Waals surface area contributed by atoms with Crippen LogP contribution in [0.15, 0.2) is 73.1 Å². The first-order valence-electron chi connectivity index (χ1n) is 12.7. The van der Waals surface area contributed by atoms with Crippen LogP contribution in [-0.4, -0.2) is 41.3 Å². The standard InChI is InChI=1S/C30H33N3O2/c1-22-4-6-24(7-5-22)25-8-10-26(11-9-25)29(35)33-19-14-30(15-20-33)21-27(30)28(34)32-16-2-3-23-12-17-31-18-13-23/h4-13,17-18,27H,2-3,14-16,19-21H2,1H3,(H,32,34). The molecule has 1 saturated heterocycles. The van der Waals surface area contributed by atoms with E-state index in [9.17, 15) is 9.59 Å².